The molecule has 1 aromatic heterocycles. The first-order valence-electron chi connectivity index (χ1n) is 13.0. The lowest BCUT2D eigenvalue weighted by molar-refractivity contribution is -0.156. The molecule has 39 heavy (non-hydrogen) atoms. The van der Waals surface area contributed by atoms with Crippen LogP contribution in [0, 0.1) is 6.92 Å². The fraction of sp³-hybridized carbons (Fsp3) is 0.323. The zero-order valence-corrected chi connectivity index (χ0v) is 23.6. The summed E-state index contributed by atoms with van der Waals surface area (Å²) >= 11 is 6.41. The van der Waals surface area contributed by atoms with Crippen molar-refractivity contribution in [3.63, 3.8) is 0 Å². The Morgan fingerprint density at radius 1 is 0.923 bits per heavy atom. The van der Waals surface area contributed by atoms with Gasteiger partial charge >= 0.3 is 11.7 Å². The Morgan fingerprint density at radius 2 is 1.59 bits per heavy atom. The number of hydrogen-bond acceptors (Lipinski definition) is 5. The molecule has 7 nitrogen and oxygen atoms in total. The highest BCUT2D eigenvalue weighted by Crippen LogP contribution is 2.21. The summed E-state index contributed by atoms with van der Waals surface area (Å²) in [5.41, 5.74) is 2.97. The maximum atomic E-state index is 13.4. The van der Waals surface area contributed by atoms with Gasteiger partial charge in [0.25, 0.3) is 0 Å². The number of rotatable bonds is 11. The maximum absolute atomic E-state index is 13.4. The number of aryl methyl sites for hydroxylation is 3. The molecule has 0 spiro atoms. The van der Waals surface area contributed by atoms with E-state index < -0.39 is 11.6 Å². The Bertz CT molecular complexity index is 1470. The molecule has 0 bridgehead atoms. The number of halogens is 1. The number of hydrogen-bond donors (Lipinski definition) is 0. The SMILES string of the molecule is COC(=O)C(C)(C)Oc1ccc(CCCc2nn(Cc3ccc(C)cc3)c(=O)n2Cc2ccccc2Cl)cc1. The lowest BCUT2D eigenvalue weighted by Crippen LogP contribution is -2.39. The van der Waals surface area contributed by atoms with Gasteiger partial charge in [-0.2, -0.15) is 5.10 Å². The second-order valence-corrected chi connectivity index (χ2v) is 10.5. The number of aromatic nitrogens is 3. The van der Waals surface area contributed by atoms with Crippen LogP contribution in [-0.4, -0.2) is 33.0 Å². The highest BCUT2D eigenvalue weighted by molar-refractivity contribution is 6.31. The third kappa shape index (κ3) is 7.18. The third-order valence-corrected chi connectivity index (χ3v) is 6.95. The normalized spacial score (nSPS) is 11.4. The number of carbonyl (C=O) groups excluding carboxylic acids is 1. The number of nitrogens with zero attached hydrogens (tertiary/aromatic N) is 3. The van der Waals surface area contributed by atoms with Crippen LogP contribution in [0.25, 0.3) is 0 Å². The van der Waals surface area contributed by atoms with Crippen molar-refractivity contribution in [3.05, 3.63) is 116 Å². The second kappa shape index (κ2) is 12.3. The average Bonchev–Trinajstić information content (AvgIpc) is 3.20. The Kier molecular flexibility index (Phi) is 8.92. The monoisotopic (exact) mass is 547 g/mol. The molecule has 0 fully saturated rings. The average molecular weight is 548 g/mol. The zero-order valence-electron chi connectivity index (χ0n) is 22.8. The molecule has 0 amide bonds. The Labute approximate surface area is 234 Å². The minimum absolute atomic E-state index is 0.153. The molecule has 3 aromatic carbocycles. The van der Waals surface area contributed by atoms with E-state index >= 15 is 0 Å². The van der Waals surface area contributed by atoms with Crippen molar-refractivity contribution in [2.24, 2.45) is 0 Å². The molecule has 0 radical (unpaired) electrons. The summed E-state index contributed by atoms with van der Waals surface area (Å²) in [6.07, 6.45) is 2.23. The molecule has 0 saturated heterocycles. The molecule has 0 N–H and O–H groups in total. The van der Waals surface area contributed by atoms with Crippen molar-refractivity contribution in [2.75, 3.05) is 7.11 Å². The van der Waals surface area contributed by atoms with Crippen LogP contribution in [0.3, 0.4) is 0 Å². The number of methoxy groups -OCH3 is 1. The van der Waals surface area contributed by atoms with Crippen LogP contribution in [0.2, 0.25) is 5.02 Å². The summed E-state index contributed by atoms with van der Waals surface area (Å²) in [5, 5.41) is 5.35. The zero-order chi connectivity index (χ0) is 28.0. The van der Waals surface area contributed by atoms with Gasteiger partial charge in [-0.3, -0.25) is 4.57 Å². The van der Waals surface area contributed by atoms with E-state index in [0.29, 0.717) is 30.3 Å². The van der Waals surface area contributed by atoms with E-state index in [1.165, 1.54) is 17.4 Å². The standard InChI is InChI=1S/C31H34ClN3O4/c1-22-12-14-24(15-13-22)20-35-30(37)34(21-25-9-5-6-10-27(25)32)28(33-35)11-7-8-23-16-18-26(19-17-23)39-31(2,3)29(36)38-4/h5-6,9-10,12-19H,7-8,11,20-21H2,1-4H3. The van der Waals surface area contributed by atoms with Crippen molar-refractivity contribution in [1.29, 1.82) is 0 Å². The van der Waals surface area contributed by atoms with Crippen LogP contribution in [0.5, 0.6) is 5.75 Å². The molecule has 0 aliphatic rings. The van der Waals surface area contributed by atoms with E-state index in [-0.39, 0.29) is 5.69 Å². The van der Waals surface area contributed by atoms with Gasteiger partial charge in [0.1, 0.15) is 11.6 Å². The highest BCUT2D eigenvalue weighted by atomic mass is 35.5. The number of esters is 1. The van der Waals surface area contributed by atoms with Crippen LogP contribution in [0.4, 0.5) is 0 Å². The molecule has 204 valence electrons. The summed E-state index contributed by atoms with van der Waals surface area (Å²) < 4.78 is 13.9. The predicted octanol–water partition coefficient (Wildman–Crippen LogP) is 5.61. The highest BCUT2D eigenvalue weighted by Gasteiger charge is 2.31. The van der Waals surface area contributed by atoms with Crippen LogP contribution >= 0.6 is 11.6 Å². The van der Waals surface area contributed by atoms with Gasteiger partial charge in [0.2, 0.25) is 0 Å². The van der Waals surface area contributed by atoms with E-state index in [9.17, 15) is 9.59 Å². The summed E-state index contributed by atoms with van der Waals surface area (Å²) in [7, 11) is 1.34. The van der Waals surface area contributed by atoms with Crippen LogP contribution in [-0.2, 0) is 35.5 Å². The predicted molar refractivity (Wildman–Crippen MR) is 153 cm³/mol. The first-order chi connectivity index (χ1) is 18.7. The van der Waals surface area contributed by atoms with Crippen molar-refractivity contribution < 1.29 is 14.3 Å². The van der Waals surface area contributed by atoms with Gasteiger partial charge < -0.3 is 9.47 Å². The van der Waals surface area contributed by atoms with Crippen molar-refractivity contribution in [1.82, 2.24) is 14.3 Å². The maximum Gasteiger partial charge on any atom is 0.349 e. The summed E-state index contributed by atoms with van der Waals surface area (Å²) in [6.45, 7) is 6.16. The van der Waals surface area contributed by atoms with E-state index in [4.69, 9.17) is 26.2 Å². The van der Waals surface area contributed by atoms with Gasteiger partial charge in [-0.25, -0.2) is 14.3 Å². The molecular weight excluding hydrogens is 514 g/mol. The fourth-order valence-corrected chi connectivity index (χ4v) is 4.55. The quantitative estimate of drug-likeness (QED) is 0.228. The van der Waals surface area contributed by atoms with Crippen molar-refractivity contribution >= 4 is 17.6 Å². The fourth-order valence-electron chi connectivity index (χ4n) is 4.35. The van der Waals surface area contributed by atoms with E-state index in [2.05, 4.69) is 0 Å². The van der Waals surface area contributed by atoms with Gasteiger partial charge in [-0.1, -0.05) is 71.8 Å². The van der Waals surface area contributed by atoms with Gasteiger partial charge in [-0.15, -0.1) is 0 Å². The lowest BCUT2D eigenvalue weighted by atomic mass is 10.1. The molecular formula is C31H34ClN3O4. The number of ether oxygens (including phenoxy) is 2. The minimum Gasteiger partial charge on any atom is -0.476 e. The van der Waals surface area contributed by atoms with Gasteiger partial charge in [0.05, 0.1) is 20.2 Å². The van der Waals surface area contributed by atoms with Crippen LogP contribution in [0.1, 0.15) is 48.3 Å². The smallest absolute Gasteiger partial charge is 0.349 e. The largest absolute Gasteiger partial charge is 0.476 e. The number of carbonyl (C=O) groups is 1. The summed E-state index contributed by atoms with van der Waals surface area (Å²) in [5.74, 6) is 0.889. The van der Waals surface area contributed by atoms with E-state index in [1.807, 2.05) is 79.7 Å². The van der Waals surface area contributed by atoms with Crippen molar-refractivity contribution in [2.45, 2.75) is 58.7 Å². The van der Waals surface area contributed by atoms with E-state index in [0.717, 1.165) is 35.4 Å². The first kappa shape index (κ1) is 28.2. The molecule has 8 heteroatoms. The second-order valence-electron chi connectivity index (χ2n) is 10.1. The van der Waals surface area contributed by atoms with E-state index in [1.54, 1.807) is 18.4 Å². The van der Waals surface area contributed by atoms with Gasteiger partial charge in [-0.05, 0) is 68.5 Å². The molecule has 4 aromatic rings. The lowest BCUT2D eigenvalue weighted by Gasteiger charge is -2.23. The molecule has 4 rings (SSSR count). The Hall–Kier alpha value is -3.84. The van der Waals surface area contributed by atoms with Crippen LogP contribution < -0.4 is 10.4 Å². The summed E-state index contributed by atoms with van der Waals surface area (Å²) in [4.78, 5) is 25.3. The summed E-state index contributed by atoms with van der Waals surface area (Å²) in [6, 6.07) is 23.3. The Morgan fingerprint density at radius 3 is 2.26 bits per heavy atom. The minimum atomic E-state index is -1.07. The van der Waals surface area contributed by atoms with Gasteiger partial charge in [0, 0.05) is 11.4 Å². The number of benzene rings is 3. The molecule has 0 atom stereocenters. The molecule has 0 unspecified atom stereocenters. The van der Waals surface area contributed by atoms with Crippen LogP contribution in [0.15, 0.2) is 77.6 Å². The molecule has 0 aliphatic carbocycles. The van der Waals surface area contributed by atoms with Crippen molar-refractivity contribution in [3.8, 4) is 5.75 Å². The topological polar surface area (TPSA) is 75.3 Å². The molecule has 0 aliphatic heterocycles. The first-order valence-corrected chi connectivity index (χ1v) is 13.4. The molecule has 0 saturated carbocycles. The molecule has 1 heterocycles. The van der Waals surface area contributed by atoms with Gasteiger partial charge in [0.15, 0.2) is 5.60 Å². The third-order valence-electron chi connectivity index (χ3n) is 6.58. The Balaban J connectivity index is 1.48.